The van der Waals surface area contributed by atoms with Crippen molar-refractivity contribution in [3.05, 3.63) is 52.9 Å². The van der Waals surface area contributed by atoms with Crippen LogP contribution in [0.25, 0.3) is 20.9 Å². The van der Waals surface area contributed by atoms with E-state index in [2.05, 4.69) is 98.7 Å². The zero-order valence-electron chi connectivity index (χ0n) is 9.79. The number of hydrogen-bond donors (Lipinski definition) is 0. The normalized spacial score (nSPS) is 11.0. The van der Waals surface area contributed by atoms with E-state index < -0.39 is 0 Å². The van der Waals surface area contributed by atoms with Gasteiger partial charge in [0.2, 0.25) is 0 Å². The fraction of sp³-hybridized carbons (Fsp3) is 0. The minimum absolute atomic E-state index is 1.10. The van der Waals surface area contributed by atoms with Crippen LogP contribution in [0.5, 0.6) is 0 Å². The molecule has 0 nitrogen and oxygen atoms in total. The molecule has 20 heavy (non-hydrogen) atoms. The summed E-state index contributed by atoms with van der Waals surface area (Å²) in [5, 5.41) is 4.17. The average molecular weight is 558 g/mol. The van der Waals surface area contributed by atoms with Crippen LogP contribution in [0.15, 0.2) is 52.9 Å². The summed E-state index contributed by atoms with van der Waals surface area (Å²) in [5.74, 6) is 0. The first kappa shape index (κ1) is 15.4. The van der Waals surface area contributed by atoms with Crippen molar-refractivity contribution in [2.45, 2.75) is 0 Å². The van der Waals surface area contributed by atoms with Crippen LogP contribution < -0.4 is 0 Å². The fourth-order valence-corrected chi connectivity index (χ4v) is 6.45. The quantitative estimate of drug-likeness (QED) is 0.298. The summed E-state index contributed by atoms with van der Waals surface area (Å²) in [6, 6.07) is 8.48. The van der Waals surface area contributed by atoms with Crippen LogP contribution in [0.2, 0.25) is 0 Å². The van der Waals surface area contributed by atoms with E-state index in [9.17, 15) is 0 Å². The van der Waals surface area contributed by atoms with Crippen molar-refractivity contribution in [2.24, 2.45) is 0 Å². The molecule has 2 heterocycles. The molecule has 0 unspecified atom stereocenters. The summed E-state index contributed by atoms with van der Waals surface area (Å²) in [5.41, 5.74) is 2.38. The predicted molar refractivity (Wildman–Crippen MR) is 104 cm³/mol. The molecule has 1 aromatic carbocycles. The van der Waals surface area contributed by atoms with E-state index >= 15 is 0 Å². The molecule has 0 fully saturated rings. The van der Waals surface area contributed by atoms with Crippen LogP contribution in [0.4, 0.5) is 0 Å². The lowest BCUT2D eigenvalue weighted by atomic mass is 10.1. The Morgan fingerprint density at radius 2 is 1.00 bits per heavy atom. The first-order valence-corrected chi connectivity index (χ1v) is 10.5. The lowest BCUT2D eigenvalue weighted by molar-refractivity contribution is 1.58. The van der Waals surface area contributed by atoms with Crippen molar-refractivity contribution < 1.29 is 0 Å². The number of rotatable bonds is 2. The topological polar surface area (TPSA) is 0 Å². The van der Waals surface area contributed by atoms with E-state index in [1.54, 1.807) is 22.7 Å². The number of benzene rings is 1. The Morgan fingerprint density at radius 3 is 1.30 bits per heavy atom. The van der Waals surface area contributed by atoms with Crippen LogP contribution in [0.3, 0.4) is 0 Å². The van der Waals surface area contributed by atoms with Crippen molar-refractivity contribution >= 4 is 86.4 Å². The summed E-state index contributed by atoms with van der Waals surface area (Å²) in [6.07, 6.45) is 0. The monoisotopic (exact) mass is 554 g/mol. The second-order valence-electron chi connectivity index (χ2n) is 4.01. The van der Waals surface area contributed by atoms with E-state index in [-0.39, 0.29) is 0 Å². The molecule has 0 saturated carbocycles. The Labute approximate surface area is 158 Å². The van der Waals surface area contributed by atoms with E-state index in [1.165, 1.54) is 20.9 Å². The average Bonchev–Trinajstić information content (AvgIpc) is 3.01. The molecule has 0 aliphatic heterocycles. The van der Waals surface area contributed by atoms with Gasteiger partial charge in [-0.25, -0.2) is 0 Å². The van der Waals surface area contributed by atoms with Gasteiger partial charge in [-0.1, -0.05) is 31.9 Å². The molecule has 102 valence electrons. The highest BCUT2D eigenvalue weighted by molar-refractivity contribution is 9.11. The Kier molecular flexibility index (Phi) is 4.90. The first-order valence-electron chi connectivity index (χ1n) is 5.53. The SMILES string of the molecule is Brc1cc(-c2sccc2Br)c(Br)cc1-c1sccc1Br. The van der Waals surface area contributed by atoms with Gasteiger partial charge in [0.15, 0.2) is 0 Å². The van der Waals surface area contributed by atoms with Gasteiger partial charge >= 0.3 is 0 Å². The standard InChI is InChI=1S/C14H6Br4S2/c15-9-1-3-19-13(9)7-5-12(18)8(6-11(7)17)14-10(16)2-4-20-14/h1-6H. The number of thiophene rings is 2. The van der Waals surface area contributed by atoms with Crippen molar-refractivity contribution in [3.8, 4) is 20.9 Å². The van der Waals surface area contributed by atoms with Crippen molar-refractivity contribution in [1.82, 2.24) is 0 Å². The van der Waals surface area contributed by atoms with Crippen LogP contribution in [0.1, 0.15) is 0 Å². The maximum atomic E-state index is 3.70. The van der Waals surface area contributed by atoms with E-state index in [0.29, 0.717) is 0 Å². The van der Waals surface area contributed by atoms with Gasteiger partial charge in [0, 0.05) is 38.8 Å². The van der Waals surface area contributed by atoms with Gasteiger partial charge in [0.25, 0.3) is 0 Å². The highest BCUT2D eigenvalue weighted by Gasteiger charge is 2.15. The Hall–Kier alpha value is 0.540. The van der Waals surface area contributed by atoms with Crippen molar-refractivity contribution in [2.75, 3.05) is 0 Å². The van der Waals surface area contributed by atoms with Crippen molar-refractivity contribution in [3.63, 3.8) is 0 Å². The number of hydrogen-bond acceptors (Lipinski definition) is 2. The maximum absolute atomic E-state index is 3.70. The predicted octanol–water partition coefficient (Wildman–Crippen LogP) is 8.19. The van der Waals surface area contributed by atoms with E-state index in [0.717, 1.165) is 17.9 Å². The van der Waals surface area contributed by atoms with Gasteiger partial charge in [-0.05, 0) is 66.9 Å². The Bertz CT molecular complexity index is 707. The van der Waals surface area contributed by atoms with Gasteiger partial charge in [0.05, 0.1) is 0 Å². The second-order valence-corrected chi connectivity index (χ2v) is 9.26. The summed E-state index contributed by atoms with van der Waals surface area (Å²) in [4.78, 5) is 2.46. The molecule has 0 amide bonds. The third kappa shape index (κ3) is 2.88. The summed E-state index contributed by atoms with van der Waals surface area (Å²) in [6.45, 7) is 0. The molecular formula is C14H6Br4S2. The van der Waals surface area contributed by atoms with Crippen molar-refractivity contribution in [1.29, 1.82) is 0 Å². The smallest absolute Gasteiger partial charge is 0.0496 e. The van der Waals surface area contributed by atoms with Gasteiger partial charge in [-0.15, -0.1) is 22.7 Å². The Morgan fingerprint density at radius 1 is 0.600 bits per heavy atom. The largest absolute Gasteiger partial charge is 0.143 e. The summed E-state index contributed by atoms with van der Waals surface area (Å²) in [7, 11) is 0. The fourth-order valence-electron chi connectivity index (χ4n) is 1.87. The third-order valence-corrected chi connectivity index (χ3v) is 7.83. The molecule has 0 N–H and O–H groups in total. The highest BCUT2D eigenvalue weighted by atomic mass is 79.9. The molecule has 2 aromatic heterocycles. The summed E-state index contributed by atoms with van der Waals surface area (Å²) >= 11 is 18.1. The van der Waals surface area contributed by atoms with Gasteiger partial charge in [0.1, 0.15) is 0 Å². The minimum atomic E-state index is 1.10. The molecule has 3 aromatic rings. The second kappa shape index (κ2) is 6.34. The van der Waals surface area contributed by atoms with Crippen LogP contribution in [0, 0.1) is 0 Å². The van der Waals surface area contributed by atoms with E-state index in [1.807, 2.05) is 0 Å². The molecule has 0 aliphatic rings. The zero-order chi connectivity index (χ0) is 14.3. The highest BCUT2D eigenvalue weighted by Crippen LogP contribution is 2.44. The third-order valence-electron chi connectivity index (χ3n) is 2.78. The zero-order valence-corrected chi connectivity index (χ0v) is 17.8. The van der Waals surface area contributed by atoms with Gasteiger partial charge in [-0.3, -0.25) is 0 Å². The molecule has 0 saturated heterocycles. The molecule has 0 spiro atoms. The lowest BCUT2D eigenvalue weighted by Crippen LogP contribution is -1.83. The molecule has 0 aliphatic carbocycles. The maximum Gasteiger partial charge on any atom is 0.0496 e. The molecule has 6 heteroatoms. The van der Waals surface area contributed by atoms with Crippen LogP contribution in [-0.2, 0) is 0 Å². The first-order chi connectivity index (χ1) is 9.58. The number of halogens is 4. The lowest BCUT2D eigenvalue weighted by Gasteiger charge is -2.09. The molecular weight excluding hydrogens is 552 g/mol. The molecule has 0 atom stereocenters. The molecule has 3 rings (SSSR count). The van der Waals surface area contributed by atoms with Crippen LogP contribution >= 0.6 is 86.4 Å². The van der Waals surface area contributed by atoms with Gasteiger partial charge < -0.3 is 0 Å². The Balaban J connectivity index is 2.17. The molecule has 0 bridgehead atoms. The summed E-state index contributed by atoms with van der Waals surface area (Å²) < 4.78 is 4.44. The van der Waals surface area contributed by atoms with Gasteiger partial charge in [-0.2, -0.15) is 0 Å². The van der Waals surface area contributed by atoms with E-state index in [4.69, 9.17) is 0 Å². The minimum Gasteiger partial charge on any atom is -0.143 e. The van der Waals surface area contributed by atoms with Crippen LogP contribution in [-0.4, -0.2) is 0 Å². The molecule has 0 radical (unpaired) electrons.